The third-order valence-electron chi connectivity index (χ3n) is 4.42. The van der Waals surface area contributed by atoms with E-state index in [1.165, 1.54) is 10.4 Å². The molecule has 3 aromatic heterocycles. The van der Waals surface area contributed by atoms with Crippen molar-refractivity contribution in [2.45, 2.75) is 49.4 Å². The molecular weight excluding hydrogens is 330 g/mol. The maximum atomic E-state index is 6.23. The molecule has 0 radical (unpaired) electrons. The zero-order valence-electron chi connectivity index (χ0n) is 13.0. The third-order valence-corrected chi connectivity index (χ3v) is 6.51. The number of rotatable bonds is 4. The predicted octanol–water partition coefficient (Wildman–Crippen LogP) is 3.32. The Hall–Kier alpha value is -1.51. The maximum absolute atomic E-state index is 6.23. The smallest absolute Gasteiger partial charge is 0.237 e. The molecule has 0 aliphatic heterocycles. The molecule has 0 spiro atoms. The molecule has 0 bridgehead atoms. The summed E-state index contributed by atoms with van der Waals surface area (Å²) in [6.07, 6.45) is 4.60. The van der Waals surface area contributed by atoms with Crippen LogP contribution in [0.25, 0.3) is 10.2 Å². The van der Waals surface area contributed by atoms with Gasteiger partial charge in [0.25, 0.3) is 0 Å². The molecule has 3 heterocycles. The van der Waals surface area contributed by atoms with Gasteiger partial charge in [-0.15, -0.1) is 11.3 Å². The number of nitrogens with zero attached hydrogens (tertiary/aromatic N) is 4. The first-order chi connectivity index (χ1) is 11.1. The lowest BCUT2D eigenvalue weighted by atomic mass is 9.77. The van der Waals surface area contributed by atoms with Crippen molar-refractivity contribution >= 4 is 33.3 Å². The van der Waals surface area contributed by atoms with Crippen molar-refractivity contribution in [3.05, 3.63) is 28.5 Å². The Bertz CT molecular complexity index is 868. The molecule has 0 amide bonds. The summed E-state index contributed by atoms with van der Waals surface area (Å²) in [5.74, 6) is 1.82. The maximum Gasteiger partial charge on any atom is 0.237 e. The van der Waals surface area contributed by atoms with Gasteiger partial charge in [-0.05, 0) is 38.7 Å². The summed E-state index contributed by atoms with van der Waals surface area (Å²) in [5.41, 5.74) is 7.10. The van der Waals surface area contributed by atoms with Gasteiger partial charge in [-0.1, -0.05) is 16.9 Å². The van der Waals surface area contributed by atoms with Gasteiger partial charge in [0.15, 0.2) is 5.82 Å². The van der Waals surface area contributed by atoms with Crippen LogP contribution in [0.1, 0.15) is 41.4 Å². The predicted molar refractivity (Wildman–Crippen MR) is 90.5 cm³/mol. The molecule has 1 saturated carbocycles. The molecular formula is C15H17N5OS2. The van der Waals surface area contributed by atoms with Crippen LogP contribution in [-0.2, 0) is 11.3 Å². The van der Waals surface area contributed by atoms with Crippen LogP contribution < -0.4 is 5.73 Å². The Morgan fingerprint density at radius 1 is 1.35 bits per heavy atom. The van der Waals surface area contributed by atoms with E-state index >= 15 is 0 Å². The van der Waals surface area contributed by atoms with Gasteiger partial charge in [0.05, 0.1) is 11.3 Å². The summed E-state index contributed by atoms with van der Waals surface area (Å²) in [6, 6.07) is 0. The summed E-state index contributed by atoms with van der Waals surface area (Å²) in [7, 11) is 0. The first kappa shape index (κ1) is 15.0. The molecule has 1 aliphatic rings. The zero-order chi connectivity index (χ0) is 16.0. The molecule has 120 valence electrons. The number of aromatic nitrogens is 4. The van der Waals surface area contributed by atoms with E-state index < -0.39 is 0 Å². The highest BCUT2D eigenvalue weighted by Crippen LogP contribution is 2.38. The topological polar surface area (TPSA) is 90.7 Å². The lowest BCUT2D eigenvalue weighted by molar-refractivity contribution is 0.229. The zero-order valence-corrected chi connectivity index (χ0v) is 14.6. The Labute approximate surface area is 141 Å². The second-order valence-electron chi connectivity index (χ2n) is 5.95. The average Bonchev–Trinajstić information content (AvgIpc) is 3.09. The van der Waals surface area contributed by atoms with Crippen LogP contribution in [0.5, 0.6) is 0 Å². The summed E-state index contributed by atoms with van der Waals surface area (Å²) >= 11 is 3.30. The Morgan fingerprint density at radius 3 is 2.91 bits per heavy atom. The number of thiophene rings is 1. The highest BCUT2D eigenvalue weighted by Gasteiger charge is 2.38. The second-order valence-corrected chi connectivity index (χ2v) is 8.12. The van der Waals surface area contributed by atoms with Crippen molar-refractivity contribution in [1.82, 2.24) is 20.1 Å². The molecule has 1 fully saturated rings. The highest BCUT2D eigenvalue weighted by atomic mass is 32.2. The molecule has 4 rings (SSSR count). The molecule has 1 aliphatic carbocycles. The van der Waals surface area contributed by atoms with Crippen LogP contribution in [-0.4, -0.2) is 20.1 Å². The van der Waals surface area contributed by atoms with E-state index in [0.717, 1.165) is 34.5 Å². The Morgan fingerprint density at radius 2 is 2.17 bits per heavy atom. The molecule has 6 nitrogen and oxygen atoms in total. The normalized spacial score (nSPS) is 16.7. The minimum Gasteiger partial charge on any atom is -0.338 e. The molecule has 8 heteroatoms. The van der Waals surface area contributed by atoms with Gasteiger partial charge < -0.3 is 10.3 Å². The van der Waals surface area contributed by atoms with E-state index in [9.17, 15) is 0 Å². The molecule has 0 atom stereocenters. The number of hydrogen-bond donors (Lipinski definition) is 1. The Balaban J connectivity index is 1.55. The number of thioether (sulfide) groups is 1. The first-order valence-electron chi connectivity index (χ1n) is 7.52. The van der Waals surface area contributed by atoms with Gasteiger partial charge in [0.1, 0.15) is 16.2 Å². The lowest BCUT2D eigenvalue weighted by Gasteiger charge is -2.34. The summed E-state index contributed by atoms with van der Waals surface area (Å²) in [4.78, 5) is 15.5. The van der Waals surface area contributed by atoms with Gasteiger partial charge in [0.2, 0.25) is 5.89 Å². The van der Waals surface area contributed by atoms with Gasteiger partial charge in [-0.2, -0.15) is 4.98 Å². The molecule has 3 aromatic rings. The lowest BCUT2D eigenvalue weighted by Crippen LogP contribution is -2.44. The van der Waals surface area contributed by atoms with E-state index in [2.05, 4.69) is 34.0 Å². The number of aryl methyl sites for hydroxylation is 2. The minimum atomic E-state index is -0.379. The van der Waals surface area contributed by atoms with Crippen LogP contribution in [0.2, 0.25) is 0 Å². The van der Waals surface area contributed by atoms with Crippen molar-refractivity contribution in [1.29, 1.82) is 0 Å². The summed E-state index contributed by atoms with van der Waals surface area (Å²) in [6.45, 7) is 4.22. The molecule has 0 aromatic carbocycles. The van der Waals surface area contributed by atoms with Gasteiger partial charge in [-0.3, -0.25) is 0 Å². The molecule has 0 saturated heterocycles. The van der Waals surface area contributed by atoms with Crippen molar-refractivity contribution in [2.24, 2.45) is 5.73 Å². The van der Waals surface area contributed by atoms with Crippen LogP contribution in [0.4, 0.5) is 0 Å². The number of hydrogen-bond acceptors (Lipinski definition) is 8. The Kier molecular flexibility index (Phi) is 3.62. The third kappa shape index (κ3) is 2.54. The van der Waals surface area contributed by atoms with E-state index in [4.69, 9.17) is 10.3 Å². The van der Waals surface area contributed by atoms with Crippen LogP contribution in [0, 0.1) is 13.8 Å². The quantitative estimate of drug-likeness (QED) is 0.572. The van der Waals surface area contributed by atoms with Crippen molar-refractivity contribution < 1.29 is 4.52 Å². The average molecular weight is 347 g/mol. The standard InChI is InChI=1S/C15H17N5OS2/c1-8-9(2)23-13-11(8)12(17-7-18-13)22-6-10-19-14(20-21-10)15(16)4-3-5-15/h7H,3-6,16H2,1-2H3. The first-order valence-corrected chi connectivity index (χ1v) is 9.32. The molecule has 0 unspecified atom stereocenters. The van der Waals surface area contributed by atoms with Crippen LogP contribution in [0.15, 0.2) is 15.9 Å². The number of fused-ring (bicyclic) bond motifs is 1. The largest absolute Gasteiger partial charge is 0.338 e. The SMILES string of the molecule is Cc1sc2ncnc(SCc3nc(C4(N)CCC4)no3)c2c1C. The van der Waals surface area contributed by atoms with Gasteiger partial charge >= 0.3 is 0 Å². The van der Waals surface area contributed by atoms with Crippen LogP contribution in [0.3, 0.4) is 0 Å². The number of nitrogens with two attached hydrogens (primary N) is 1. The van der Waals surface area contributed by atoms with E-state index in [0.29, 0.717) is 17.5 Å². The van der Waals surface area contributed by atoms with E-state index in [-0.39, 0.29) is 5.54 Å². The fraction of sp³-hybridized carbons (Fsp3) is 0.467. The molecule has 23 heavy (non-hydrogen) atoms. The van der Waals surface area contributed by atoms with E-state index in [1.54, 1.807) is 29.4 Å². The van der Waals surface area contributed by atoms with E-state index in [1.807, 2.05) is 0 Å². The fourth-order valence-corrected chi connectivity index (χ4v) is 4.64. The van der Waals surface area contributed by atoms with Gasteiger partial charge in [-0.25, -0.2) is 9.97 Å². The van der Waals surface area contributed by atoms with Crippen LogP contribution >= 0.6 is 23.1 Å². The van der Waals surface area contributed by atoms with Crippen molar-refractivity contribution in [3.8, 4) is 0 Å². The highest BCUT2D eigenvalue weighted by molar-refractivity contribution is 7.98. The van der Waals surface area contributed by atoms with Gasteiger partial charge in [0, 0.05) is 10.3 Å². The van der Waals surface area contributed by atoms with Crippen molar-refractivity contribution in [3.63, 3.8) is 0 Å². The second kappa shape index (κ2) is 5.54. The summed E-state index contributed by atoms with van der Waals surface area (Å²) < 4.78 is 5.35. The fourth-order valence-electron chi connectivity index (χ4n) is 2.69. The van der Waals surface area contributed by atoms with Crippen molar-refractivity contribution in [2.75, 3.05) is 0 Å². The monoisotopic (exact) mass is 347 g/mol. The summed E-state index contributed by atoms with van der Waals surface area (Å²) in [5, 5.41) is 6.15. The molecule has 2 N–H and O–H groups in total. The minimum absolute atomic E-state index is 0.379.